The number of carbonyl (C=O) groups is 1. The predicted octanol–water partition coefficient (Wildman–Crippen LogP) is 4.62. The second kappa shape index (κ2) is 8.02. The van der Waals surface area contributed by atoms with Gasteiger partial charge in [0.15, 0.2) is 5.43 Å². The largest absolute Gasteiger partial charge is 0.507 e. The summed E-state index contributed by atoms with van der Waals surface area (Å²) in [5, 5.41) is 10.6. The monoisotopic (exact) mass is 444 g/mol. The zero-order valence-corrected chi connectivity index (χ0v) is 18.0. The summed E-state index contributed by atoms with van der Waals surface area (Å²) in [6.45, 7) is 0. The highest BCUT2D eigenvalue weighted by molar-refractivity contribution is 5.93. The molecule has 5 rings (SSSR count). The minimum atomic E-state index is -0.552. The molecule has 0 unspecified atom stereocenters. The van der Waals surface area contributed by atoms with E-state index in [1.165, 1.54) is 19.2 Å². The molecule has 3 aromatic carbocycles. The normalized spacial score (nSPS) is 15.1. The Morgan fingerprint density at radius 2 is 1.76 bits per heavy atom. The highest BCUT2D eigenvalue weighted by atomic mass is 16.5. The van der Waals surface area contributed by atoms with Gasteiger partial charge in [-0.25, -0.2) is 0 Å². The molecule has 7 heteroatoms. The van der Waals surface area contributed by atoms with Gasteiger partial charge in [0.1, 0.15) is 39.7 Å². The summed E-state index contributed by atoms with van der Waals surface area (Å²) in [7, 11) is 3.09. The van der Waals surface area contributed by atoms with E-state index in [9.17, 15) is 14.7 Å². The molecule has 1 aliphatic heterocycles. The van der Waals surface area contributed by atoms with Crippen molar-refractivity contribution in [2.45, 2.75) is 12.3 Å². The topological polar surface area (TPSA) is 95.2 Å². The fourth-order valence-corrected chi connectivity index (χ4v) is 4.28. The Labute approximate surface area is 188 Å². The summed E-state index contributed by atoms with van der Waals surface area (Å²) < 4.78 is 22.6. The van der Waals surface area contributed by atoms with Gasteiger partial charge in [0.2, 0.25) is 0 Å². The van der Waals surface area contributed by atoms with Crippen LogP contribution >= 0.6 is 0 Å². The molecule has 7 nitrogen and oxygen atoms in total. The number of carbonyl (C=O) groups excluding carboxylic acids is 1. The number of methoxy groups -OCH3 is 2. The van der Waals surface area contributed by atoms with E-state index >= 15 is 0 Å². The number of aromatic hydroxyl groups is 1. The van der Waals surface area contributed by atoms with Crippen LogP contribution in [-0.4, -0.2) is 25.3 Å². The molecule has 1 aromatic heterocycles. The number of esters is 1. The standard InChI is InChI=1S/C26H20O7/c1-30-15-8-9-20(31-2)16(10-15)17-11-23(29)32-22-13-19(28)25-18(27)12-21(33-26(25)24(17)22)14-6-4-3-5-7-14/h3-10,12-13,17,28H,11H2,1-2H3/t17-/m0/s1. The number of rotatable bonds is 4. The molecule has 0 radical (unpaired) electrons. The van der Waals surface area contributed by atoms with Gasteiger partial charge in [0, 0.05) is 34.7 Å². The van der Waals surface area contributed by atoms with E-state index in [1.54, 1.807) is 25.3 Å². The van der Waals surface area contributed by atoms with E-state index < -0.39 is 17.3 Å². The third kappa shape index (κ3) is 3.47. The molecule has 0 spiro atoms. The first-order chi connectivity index (χ1) is 16.0. The molecule has 0 bridgehead atoms. The zero-order valence-electron chi connectivity index (χ0n) is 18.0. The third-order valence-electron chi connectivity index (χ3n) is 5.80. The van der Waals surface area contributed by atoms with E-state index in [1.807, 2.05) is 30.3 Å². The van der Waals surface area contributed by atoms with E-state index in [2.05, 4.69) is 0 Å². The minimum Gasteiger partial charge on any atom is -0.507 e. The summed E-state index contributed by atoms with van der Waals surface area (Å²) in [6, 6.07) is 17.1. The molecule has 33 heavy (non-hydrogen) atoms. The molecule has 0 saturated heterocycles. The van der Waals surface area contributed by atoms with Crippen molar-refractivity contribution in [1.82, 2.24) is 0 Å². The number of benzene rings is 3. The summed E-state index contributed by atoms with van der Waals surface area (Å²) in [4.78, 5) is 25.5. The lowest BCUT2D eigenvalue weighted by Crippen LogP contribution is -2.22. The maximum Gasteiger partial charge on any atom is 0.312 e. The molecular formula is C26H20O7. The van der Waals surface area contributed by atoms with Crippen molar-refractivity contribution in [1.29, 1.82) is 0 Å². The maximum atomic E-state index is 13.0. The number of phenols is 1. The molecular weight excluding hydrogens is 424 g/mol. The van der Waals surface area contributed by atoms with Gasteiger partial charge < -0.3 is 23.7 Å². The van der Waals surface area contributed by atoms with Crippen LogP contribution in [0.5, 0.6) is 23.0 Å². The fourth-order valence-electron chi connectivity index (χ4n) is 4.28. The van der Waals surface area contributed by atoms with Crippen LogP contribution in [-0.2, 0) is 4.79 Å². The van der Waals surface area contributed by atoms with Crippen molar-refractivity contribution in [2.75, 3.05) is 14.2 Å². The number of hydrogen-bond donors (Lipinski definition) is 1. The van der Waals surface area contributed by atoms with E-state index in [4.69, 9.17) is 18.6 Å². The predicted molar refractivity (Wildman–Crippen MR) is 121 cm³/mol. The smallest absolute Gasteiger partial charge is 0.312 e. The van der Waals surface area contributed by atoms with Gasteiger partial charge in [0.05, 0.1) is 20.6 Å². The number of fused-ring (bicyclic) bond motifs is 3. The van der Waals surface area contributed by atoms with Crippen molar-refractivity contribution in [3.8, 4) is 34.3 Å². The Morgan fingerprint density at radius 3 is 2.48 bits per heavy atom. The van der Waals surface area contributed by atoms with Crippen LogP contribution in [0, 0.1) is 0 Å². The van der Waals surface area contributed by atoms with Crippen molar-refractivity contribution in [2.24, 2.45) is 0 Å². The Bertz CT molecular complexity index is 1440. The molecule has 1 aliphatic rings. The van der Waals surface area contributed by atoms with Crippen LogP contribution in [0.3, 0.4) is 0 Å². The first-order valence-corrected chi connectivity index (χ1v) is 10.3. The molecule has 0 aliphatic carbocycles. The Hall–Kier alpha value is -4.26. The van der Waals surface area contributed by atoms with Crippen LogP contribution in [0.15, 0.2) is 69.9 Å². The zero-order chi connectivity index (χ0) is 23.1. The van der Waals surface area contributed by atoms with Gasteiger partial charge in [-0.3, -0.25) is 9.59 Å². The van der Waals surface area contributed by atoms with E-state index in [-0.39, 0.29) is 28.9 Å². The summed E-state index contributed by atoms with van der Waals surface area (Å²) >= 11 is 0. The van der Waals surface area contributed by atoms with Crippen LogP contribution in [0.1, 0.15) is 23.5 Å². The van der Waals surface area contributed by atoms with Gasteiger partial charge in [-0.2, -0.15) is 0 Å². The molecule has 0 saturated carbocycles. The van der Waals surface area contributed by atoms with Crippen LogP contribution in [0.2, 0.25) is 0 Å². The number of ether oxygens (including phenoxy) is 3. The van der Waals surface area contributed by atoms with Gasteiger partial charge in [-0.1, -0.05) is 30.3 Å². The third-order valence-corrected chi connectivity index (χ3v) is 5.80. The Morgan fingerprint density at radius 1 is 0.970 bits per heavy atom. The van der Waals surface area contributed by atoms with Crippen LogP contribution in [0.25, 0.3) is 22.3 Å². The average Bonchev–Trinajstić information content (AvgIpc) is 2.83. The van der Waals surface area contributed by atoms with E-state index in [0.29, 0.717) is 33.9 Å². The number of phenolic OH excluding ortho intramolecular Hbond substituents is 1. The molecule has 1 N–H and O–H groups in total. The van der Waals surface area contributed by atoms with Crippen molar-refractivity contribution >= 4 is 16.9 Å². The number of hydrogen-bond acceptors (Lipinski definition) is 7. The van der Waals surface area contributed by atoms with Gasteiger partial charge in [-0.15, -0.1) is 0 Å². The van der Waals surface area contributed by atoms with Crippen LogP contribution < -0.4 is 19.6 Å². The highest BCUT2D eigenvalue weighted by Crippen LogP contribution is 2.48. The lowest BCUT2D eigenvalue weighted by atomic mass is 9.84. The molecule has 4 aromatic rings. The Balaban J connectivity index is 1.84. The summed E-state index contributed by atoms with van der Waals surface area (Å²) in [5.41, 5.74) is 1.64. The summed E-state index contributed by atoms with van der Waals surface area (Å²) in [6.07, 6.45) is -0.00429. The molecule has 2 heterocycles. The maximum absolute atomic E-state index is 13.0. The second-order valence-electron chi connectivity index (χ2n) is 7.69. The first-order valence-electron chi connectivity index (χ1n) is 10.3. The lowest BCUT2D eigenvalue weighted by molar-refractivity contribution is -0.135. The van der Waals surface area contributed by atoms with Crippen molar-refractivity contribution in [3.63, 3.8) is 0 Å². The lowest BCUT2D eigenvalue weighted by Gasteiger charge is -2.27. The van der Waals surface area contributed by atoms with Gasteiger partial charge in [-0.05, 0) is 18.2 Å². The average molecular weight is 444 g/mol. The molecule has 166 valence electrons. The van der Waals surface area contributed by atoms with E-state index in [0.717, 1.165) is 0 Å². The fraction of sp³-hybridized carbons (Fsp3) is 0.154. The quantitative estimate of drug-likeness (QED) is 0.362. The molecule has 0 amide bonds. The molecule has 0 fully saturated rings. The second-order valence-corrected chi connectivity index (χ2v) is 7.69. The van der Waals surface area contributed by atoms with Gasteiger partial charge in [0.25, 0.3) is 0 Å². The highest BCUT2D eigenvalue weighted by Gasteiger charge is 2.35. The Kier molecular flexibility index (Phi) is 5.01. The molecule has 1 atom stereocenters. The van der Waals surface area contributed by atoms with Gasteiger partial charge >= 0.3 is 5.97 Å². The SMILES string of the molecule is COc1ccc(OC)c([C@@H]2CC(=O)Oc3cc(O)c4c(=O)cc(-c5ccccc5)oc4c32)c1. The minimum absolute atomic E-state index is 0.00429. The first kappa shape index (κ1) is 20.6. The van der Waals surface area contributed by atoms with Crippen LogP contribution in [0.4, 0.5) is 0 Å². The summed E-state index contributed by atoms with van der Waals surface area (Å²) in [5.74, 6) is 0.267. The van der Waals surface area contributed by atoms with Crippen molar-refractivity contribution < 1.29 is 28.5 Å². The van der Waals surface area contributed by atoms with Crippen molar-refractivity contribution in [3.05, 3.63) is 82.0 Å².